The van der Waals surface area contributed by atoms with Gasteiger partial charge in [0.2, 0.25) is 0 Å². The van der Waals surface area contributed by atoms with Gasteiger partial charge in [0.1, 0.15) is 0 Å². The lowest BCUT2D eigenvalue weighted by molar-refractivity contribution is 0.600. The second-order valence-electron chi connectivity index (χ2n) is 7.49. The summed E-state index contributed by atoms with van der Waals surface area (Å²) in [7, 11) is 0. The predicted molar refractivity (Wildman–Crippen MR) is 109 cm³/mol. The highest BCUT2D eigenvalue weighted by Gasteiger charge is 2.10. The van der Waals surface area contributed by atoms with E-state index in [0.717, 1.165) is 13.0 Å². The number of rotatable bonds is 16. The van der Waals surface area contributed by atoms with Crippen molar-refractivity contribution in [3.63, 3.8) is 0 Å². The summed E-state index contributed by atoms with van der Waals surface area (Å²) < 4.78 is 0. The van der Waals surface area contributed by atoms with E-state index in [1.54, 1.807) is 0 Å². The van der Waals surface area contributed by atoms with Crippen molar-refractivity contribution in [1.29, 1.82) is 0 Å². The minimum atomic E-state index is 0.495. The quantitative estimate of drug-likeness (QED) is 0.243. The van der Waals surface area contributed by atoms with Crippen LogP contribution in [0.15, 0.2) is 17.1 Å². The van der Waals surface area contributed by atoms with Gasteiger partial charge < -0.3 is 5.32 Å². The van der Waals surface area contributed by atoms with Gasteiger partial charge in [0.05, 0.1) is 11.9 Å². The van der Waals surface area contributed by atoms with Gasteiger partial charge in [0, 0.05) is 13.0 Å². The SMILES string of the molecule is CCCCCCCC/C=C\CCCCCCCCC1=NC(C)CN1. The first kappa shape index (κ1) is 21.3. The van der Waals surface area contributed by atoms with Crippen LogP contribution in [0.2, 0.25) is 0 Å². The first-order valence-corrected chi connectivity index (χ1v) is 10.8. The van der Waals surface area contributed by atoms with Crippen LogP contribution in [0.4, 0.5) is 0 Å². The lowest BCUT2D eigenvalue weighted by Gasteiger charge is -2.02. The molecule has 1 unspecified atom stereocenters. The molecular formula is C22H42N2. The van der Waals surface area contributed by atoms with E-state index in [4.69, 9.17) is 0 Å². The van der Waals surface area contributed by atoms with Crippen molar-refractivity contribution in [3.8, 4) is 0 Å². The fourth-order valence-electron chi connectivity index (χ4n) is 3.32. The van der Waals surface area contributed by atoms with E-state index in [0.29, 0.717) is 6.04 Å². The minimum absolute atomic E-state index is 0.495. The molecule has 0 bridgehead atoms. The van der Waals surface area contributed by atoms with E-state index in [1.807, 2.05) is 0 Å². The molecule has 1 rings (SSSR count). The van der Waals surface area contributed by atoms with Gasteiger partial charge in [-0.15, -0.1) is 0 Å². The van der Waals surface area contributed by atoms with Crippen LogP contribution in [0.25, 0.3) is 0 Å². The Kier molecular flexibility index (Phi) is 13.9. The number of nitrogens with one attached hydrogen (secondary N) is 1. The molecule has 0 saturated heterocycles. The maximum atomic E-state index is 4.59. The average Bonchev–Trinajstić information content (AvgIpc) is 3.00. The maximum absolute atomic E-state index is 4.59. The molecule has 1 aliphatic heterocycles. The van der Waals surface area contributed by atoms with Crippen molar-refractivity contribution < 1.29 is 0 Å². The molecular weight excluding hydrogens is 292 g/mol. The fourth-order valence-corrected chi connectivity index (χ4v) is 3.32. The van der Waals surface area contributed by atoms with Gasteiger partial charge in [-0.25, -0.2) is 0 Å². The highest BCUT2D eigenvalue weighted by Crippen LogP contribution is 2.11. The Labute approximate surface area is 151 Å². The summed E-state index contributed by atoms with van der Waals surface area (Å²) in [6.45, 7) is 5.51. The van der Waals surface area contributed by atoms with E-state index < -0.39 is 0 Å². The molecule has 2 nitrogen and oxygen atoms in total. The fraction of sp³-hybridized carbons (Fsp3) is 0.864. The molecule has 1 atom stereocenters. The van der Waals surface area contributed by atoms with Gasteiger partial charge in [-0.2, -0.15) is 0 Å². The Bertz CT molecular complexity index is 333. The topological polar surface area (TPSA) is 24.4 Å². The molecule has 0 aromatic rings. The molecule has 1 N–H and O–H groups in total. The molecule has 140 valence electrons. The van der Waals surface area contributed by atoms with Gasteiger partial charge in [-0.3, -0.25) is 4.99 Å². The van der Waals surface area contributed by atoms with Gasteiger partial charge in [-0.05, 0) is 39.0 Å². The number of allylic oxidation sites excluding steroid dienone is 2. The summed E-state index contributed by atoms with van der Waals surface area (Å²) in [4.78, 5) is 4.59. The van der Waals surface area contributed by atoms with Crippen molar-refractivity contribution >= 4 is 5.84 Å². The summed E-state index contributed by atoms with van der Waals surface area (Å²) >= 11 is 0. The van der Waals surface area contributed by atoms with Crippen LogP contribution in [0.3, 0.4) is 0 Å². The Balaban J connectivity index is 1.74. The number of aliphatic imine (C=N–C) groups is 1. The first-order valence-electron chi connectivity index (χ1n) is 10.8. The van der Waals surface area contributed by atoms with E-state index in [-0.39, 0.29) is 0 Å². The summed E-state index contributed by atoms with van der Waals surface area (Å²) in [5, 5.41) is 3.40. The Morgan fingerprint density at radius 1 is 0.833 bits per heavy atom. The summed E-state index contributed by atoms with van der Waals surface area (Å²) in [5.74, 6) is 1.25. The second kappa shape index (κ2) is 15.7. The first-order chi connectivity index (χ1) is 11.8. The average molecular weight is 335 g/mol. The standard InChI is InChI=1S/C22H42N2/c1-3-4-5-6-7-8-9-10-11-12-13-14-15-16-17-18-19-22-23-20-21(2)24-22/h10-11,21H,3-9,12-20H2,1-2H3,(H,23,24)/b11-10-. The minimum Gasteiger partial charge on any atom is -0.372 e. The number of hydrogen-bond donors (Lipinski definition) is 1. The lowest BCUT2D eigenvalue weighted by atomic mass is 10.1. The molecule has 0 aromatic carbocycles. The molecule has 0 spiro atoms. The zero-order chi connectivity index (χ0) is 17.3. The third-order valence-corrected chi connectivity index (χ3v) is 4.90. The summed E-state index contributed by atoms with van der Waals surface area (Å²) in [6.07, 6.45) is 25.3. The highest BCUT2D eigenvalue weighted by atomic mass is 15.1. The lowest BCUT2D eigenvalue weighted by Crippen LogP contribution is -2.19. The van der Waals surface area contributed by atoms with Crippen LogP contribution in [-0.4, -0.2) is 18.4 Å². The van der Waals surface area contributed by atoms with E-state index in [2.05, 4.69) is 36.3 Å². The normalized spacial score (nSPS) is 17.4. The molecule has 1 heterocycles. The number of hydrogen-bond acceptors (Lipinski definition) is 2. The number of amidine groups is 1. The molecule has 0 saturated carbocycles. The van der Waals surface area contributed by atoms with E-state index in [1.165, 1.54) is 95.7 Å². The van der Waals surface area contributed by atoms with Crippen LogP contribution < -0.4 is 5.32 Å². The van der Waals surface area contributed by atoms with E-state index in [9.17, 15) is 0 Å². The molecule has 24 heavy (non-hydrogen) atoms. The molecule has 0 fully saturated rings. The third kappa shape index (κ3) is 12.6. The van der Waals surface area contributed by atoms with Crippen LogP contribution in [-0.2, 0) is 0 Å². The number of nitrogens with zero attached hydrogens (tertiary/aromatic N) is 1. The smallest absolute Gasteiger partial charge is 0.0967 e. The van der Waals surface area contributed by atoms with Crippen molar-refractivity contribution in [2.75, 3.05) is 6.54 Å². The van der Waals surface area contributed by atoms with Crippen LogP contribution in [0, 0.1) is 0 Å². The van der Waals surface area contributed by atoms with Gasteiger partial charge in [0.15, 0.2) is 0 Å². The third-order valence-electron chi connectivity index (χ3n) is 4.90. The zero-order valence-corrected chi connectivity index (χ0v) is 16.5. The highest BCUT2D eigenvalue weighted by molar-refractivity contribution is 5.83. The molecule has 2 heteroatoms. The Morgan fingerprint density at radius 3 is 1.92 bits per heavy atom. The molecule has 0 amide bonds. The Morgan fingerprint density at radius 2 is 1.38 bits per heavy atom. The van der Waals surface area contributed by atoms with Crippen molar-refractivity contribution in [2.24, 2.45) is 4.99 Å². The maximum Gasteiger partial charge on any atom is 0.0967 e. The largest absolute Gasteiger partial charge is 0.372 e. The number of unbranched alkanes of at least 4 members (excludes halogenated alkanes) is 12. The van der Waals surface area contributed by atoms with E-state index >= 15 is 0 Å². The molecule has 0 radical (unpaired) electrons. The van der Waals surface area contributed by atoms with Crippen molar-refractivity contribution in [3.05, 3.63) is 12.2 Å². The summed E-state index contributed by atoms with van der Waals surface area (Å²) in [5.41, 5.74) is 0. The summed E-state index contributed by atoms with van der Waals surface area (Å²) in [6, 6.07) is 0.495. The van der Waals surface area contributed by atoms with Gasteiger partial charge in [-0.1, -0.05) is 76.9 Å². The van der Waals surface area contributed by atoms with Crippen LogP contribution in [0.1, 0.15) is 110 Å². The van der Waals surface area contributed by atoms with Crippen molar-refractivity contribution in [1.82, 2.24) is 5.32 Å². The molecule has 1 aliphatic rings. The van der Waals surface area contributed by atoms with Crippen molar-refractivity contribution in [2.45, 2.75) is 116 Å². The van der Waals surface area contributed by atoms with Gasteiger partial charge >= 0.3 is 0 Å². The van der Waals surface area contributed by atoms with Crippen LogP contribution in [0.5, 0.6) is 0 Å². The monoisotopic (exact) mass is 334 g/mol. The molecule has 0 aromatic heterocycles. The predicted octanol–water partition coefficient (Wildman–Crippen LogP) is 6.80. The molecule has 0 aliphatic carbocycles. The van der Waals surface area contributed by atoms with Gasteiger partial charge in [0.25, 0.3) is 0 Å². The Hall–Kier alpha value is -0.790. The second-order valence-corrected chi connectivity index (χ2v) is 7.49. The van der Waals surface area contributed by atoms with Crippen LogP contribution >= 0.6 is 0 Å². The zero-order valence-electron chi connectivity index (χ0n) is 16.5.